The van der Waals surface area contributed by atoms with Gasteiger partial charge in [0.1, 0.15) is 11.9 Å². The number of amides is 2. The molecular weight excluding hydrogens is 298 g/mol. The van der Waals surface area contributed by atoms with Crippen molar-refractivity contribution in [2.24, 2.45) is 5.73 Å². The largest absolute Gasteiger partial charge is 0.486 e. The lowest BCUT2D eigenvalue weighted by atomic mass is 10.1. The minimum Gasteiger partial charge on any atom is -0.486 e. The van der Waals surface area contributed by atoms with Gasteiger partial charge in [0.2, 0.25) is 0 Å². The van der Waals surface area contributed by atoms with Crippen LogP contribution < -0.4 is 15.4 Å². The van der Waals surface area contributed by atoms with Gasteiger partial charge < -0.3 is 10.5 Å². The van der Waals surface area contributed by atoms with Gasteiger partial charge >= 0.3 is 6.03 Å². The maximum absolute atomic E-state index is 11.1. The van der Waals surface area contributed by atoms with Gasteiger partial charge in [0.05, 0.1) is 4.92 Å². The molecule has 23 heavy (non-hydrogen) atoms. The second kappa shape index (κ2) is 6.78. The Kier molecular flexibility index (Phi) is 4.80. The third kappa shape index (κ3) is 3.97. The molecule has 120 valence electrons. The van der Waals surface area contributed by atoms with Gasteiger partial charge in [-0.05, 0) is 36.8 Å². The van der Waals surface area contributed by atoms with E-state index in [2.05, 4.69) is 0 Å². The summed E-state index contributed by atoms with van der Waals surface area (Å²) < 4.78 is 5.77. The molecule has 1 atom stereocenters. The molecule has 7 nitrogen and oxygen atoms in total. The Balaban J connectivity index is 2.11. The molecule has 7 heteroatoms. The zero-order valence-electron chi connectivity index (χ0n) is 12.8. The number of ether oxygens (including phenoxy) is 1. The average molecular weight is 315 g/mol. The number of nitro groups is 1. The molecule has 2 N–H and O–H groups in total. The van der Waals surface area contributed by atoms with Crippen LogP contribution in [0.1, 0.15) is 18.6 Å². The molecule has 2 aromatic rings. The van der Waals surface area contributed by atoms with Crippen LogP contribution in [0, 0.1) is 10.1 Å². The number of nitrogens with two attached hydrogens (primary N) is 1. The Hall–Kier alpha value is -3.09. The average Bonchev–Trinajstić information content (AvgIpc) is 2.54. The number of anilines is 1. The molecule has 0 radical (unpaired) electrons. The van der Waals surface area contributed by atoms with Crippen molar-refractivity contribution in [3.8, 4) is 5.75 Å². The Labute approximate surface area is 133 Å². The van der Waals surface area contributed by atoms with E-state index in [1.807, 2.05) is 6.92 Å². The fourth-order valence-electron chi connectivity index (χ4n) is 2.04. The molecule has 0 fully saturated rings. The molecule has 0 aliphatic heterocycles. The van der Waals surface area contributed by atoms with Crippen molar-refractivity contribution in [3.05, 3.63) is 64.2 Å². The number of carbonyl (C=O) groups excluding carboxylic acids is 1. The van der Waals surface area contributed by atoms with Crippen LogP contribution in [0.5, 0.6) is 5.75 Å². The maximum atomic E-state index is 11.1. The van der Waals surface area contributed by atoms with E-state index >= 15 is 0 Å². The Morgan fingerprint density at radius 1 is 1.26 bits per heavy atom. The lowest BCUT2D eigenvalue weighted by molar-refractivity contribution is -0.385. The van der Waals surface area contributed by atoms with Gasteiger partial charge in [-0.2, -0.15) is 0 Å². The van der Waals surface area contributed by atoms with Crippen molar-refractivity contribution in [1.82, 2.24) is 0 Å². The van der Waals surface area contributed by atoms with Gasteiger partial charge in [0, 0.05) is 24.9 Å². The summed E-state index contributed by atoms with van der Waals surface area (Å²) in [5, 5.41) is 10.8. The molecule has 0 aliphatic carbocycles. The summed E-state index contributed by atoms with van der Waals surface area (Å²) in [4.78, 5) is 22.8. The number of hydrogen-bond donors (Lipinski definition) is 1. The quantitative estimate of drug-likeness (QED) is 0.676. The second-order valence-corrected chi connectivity index (χ2v) is 5.00. The zero-order chi connectivity index (χ0) is 17.0. The first kappa shape index (κ1) is 16.3. The Bertz CT molecular complexity index is 716. The molecule has 2 amide bonds. The number of hydrogen-bond acceptors (Lipinski definition) is 4. The molecular formula is C16H17N3O4. The molecule has 2 rings (SSSR count). The van der Waals surface area contributed by atoms with Gasteiger partial charge in [-0.1, -0.05) is 12.1 Å². The van der Waals surface area contributed by atoms with E-state index in [1.165, 1.54) is 17.0 Å². The van der Waals surface area contributed by atoms with E-state index in [1.54, 1.807) is 43.4 Å². The van der Waals surface area contributed by atoms with Crippen LogP contribution in [0.4, 0.5) is 16.2 Å². The SMILES string of the molecule is C[C@@H](Oc1ccc(N(C)C(N)=O)cc1)c1cccc([N+](=O)[O-])c1. The van der Waals surface area contributed by atoms with Crippen LogP contribution >= 0.6 is 0 Å². The molecule has 0 aromatic heterocycles. The summed E-state index contributed by atoms with van der Waals surface area (Å²) in [6.07, 6.45) is -0.352. The topological polar surface area (TPSA) is 98.7 Å². The summed E-state index contributed by atoms with van der Waals surface area (Å²) in [6, 6.07) is 12.6. The number of non-ortho nitro benzene ring substituents is 1. The summed E-state index contributed by atoms with van der Waals surface area (Å²) in [7, 11) is 1.57. The monoisotopic (exact) mass is 315 g/mol. The van der Waals surface area contributed by atoms with Crippen molar-refractivity contribution < 1.29 is 14.5 Å². The van der Waals surface area contributed by atoms with Crippen LogP contribution in [-0.4, -0.2) is 18.0 Å². The second-order valence-electron chi connectivity index (χ2n) is 5.00. The molecule has 0 unspecified atom stereocenters. The summed E-state index contributed by atoms with van der Waals surface area (Å²) in [5.74, 6) is 0.589. The predicted octanol–water partition coefficient (Wildman–Crippen LogP) is 3.25. The van der Waals surface area contributed by atoms with E-state index in [9.17, 15) is 14.9 Å². The van der Waals surface area contributed by atoms with Crippen molar-refractivity contribution in [1.29, 1.82) is 0 Å². The zero-order valence-corrected chi connectivity index (χ0v) is 12.8. The molecule has 0 saturated heterocycles. The smallest absolute Gasteiger partial charge is 0.318 e. The van der Waals surface area contributed by atoms with Crippen molar-refractivity contribution in [2.75, 3.05) is 11.9 Å². The number of nitro benzene ring substituents is 1. The van der Waals surface area contributed by atoms with Crippen molar-refractivity contribution >= 4 is 17.4 Å². The lowest BCUT2D eigenvalue weighted by Gasteiger charge is -2.17. The molecule has 0 heterocycles. The highest BCUT2D eigenvalue weighted by atomic mass is 16.6. The van der Waals surface area contributed by atoms with Crippen molar-refractivity contribution in [2.45, 2.75) is 13.0 Å². The minimum atomic E-state index is -0.552. The highest BCUT2D eigenvalue weighted by Crippen LogP contribution is 2.26. The van der Waals surface area contributed by atoms with Gasteiger partial charge in [0.15, 0.2) is 0 Å². The van der Waals surface area contributed by atoms with Crippen LogP contribution in [0.25, 0.3) is 0 Å². The van der Waals surface area contributed by atoms with Gasteiger partial charge in [-0.3, -0.25) is 15.0 Å². The van der Waals surface area contributed by atoms with Gasteiger partial charge in [-0.15, -0.1) is 0 Å². The minimum absolute atomic E-state index is 0.0244. The number of nitrogens with zero attached hydrogens (tertiary/aromatic N) is 2. The number of primary amides is 1. The Morgan fingerprint density at radius 3 is 2.48 bits per heavy atom. The number of benzene rings is 2. The van der Waals surface area contributed by atoms with E-state index < -0.39 is 11.0 Å². The summed E-state index contributed by atoms with van der Waals surface area (Å²) >= 11 is 0. The first-order valence-electron chi connectivity index (χ1n) is 6.92. The predicted molar refractivity (Wildman–Crippen MR) is 86.6 cm³/mol. The highest BCUT2D eigenvalue weighted by Gasteiger charge is 2.13. The van der Waals surface area contributed by atoms with E-state index in [-0.39, 0.29) is 11.8 Å². The van der Waals surface area contributed by atoms with E-state index in [0.717, 1.165) is 0 Å². The van der Waals surface area contributed by atoms with Crippen LogP contribution in [0.15, 0.2) is 48.5 Å². The van der Waals surface area contributed by atoms with Gasteiger partial charge in [-0.25, -0.2) is 4.79 Å². The number of urea groups is 1. The molecule has 0 spiro atoms. The highest BCUT2D eigenvalue weighted by molar-refractivity contribution is 5.90. The lowest BCUT2D eigenvalue weighted by Crippen LogP contribution is -2.31. The summed E-state index contributed by atoms with van der Waals surface area (Å²) in [6.45, 7) is 1.81. The van der Waals surface area contributed by atoms with E-state index in [0.29, 0.717) is 17.0 Å². The normalized spacial score (nSPS) is 11.6. The van der Waals surface area contributed by atoms with Gasteiger partial charge in [0.25, 0.3) is 5.69 Å². The van der Waals surface area contributed by atoms with Crippen LogP contribution in [-0.2, 0) is 0 Å². The van der Waals surface area contributed by atoms with E-state index in [4.69, 9.17) is 10.5 Å². The first-order chi connectivity index (χ1) is 10.9. The van der Waals surface area contributed by atoms with Crippen LogP contribution in [0.3, 0.4) is 0 Å². The van der Waals surface area contributed by atoms with Crippen molar-refractivity contribution in [3.63, 3.8) is 0 Å². The molecule has 0 saturated carbocycles. The first-order valence-corrected chi connectivity index (χ1v) is 6.92. The Morgan fingerprint density at radius 2 is 1.91 bits per heavy atom. The summed E-state index contributed by atoms with van der Waals surface area (Å²) in [5.41, 5.74) is 6.58. The fourth-order valence-corrected chi connectivity index (χ4v) is 2.04. The third-order valence-electron chi connectivity index (χ3n) is 3.42. The molecule has 2 aromatic carbocycles. The molecule has 0 bridgehead atoms. The number of rotatable bonds is 5. The maximum Gasteiger partial charge on any atom is 0.318 e. The fraction of sp³-hybridized carbons (Fsp3) is 0.188. The van der Waals surface area contributed by atoms with Crippen LogP contribution in [0.2, 0.25) is 0 Å². The third-order valence-corrected chi connectivity index (χ3v) is 3.42. The standard InChI is InChI=1S/C16H17N3O4/c1-11(12-4-3-5-14(10-12)19(21)22)23-15-8-6-13(7-9-15)18(2)16(17)20/h3-11H,1-2H3,(H2,17,20)/t11-/m1/s1. The molecule has 0 aliphatic rings. The number of carbonyl (C=O) groups is 1.